The lowest BCUT2D eigenvalue weighted by Crippen LogP contribution is -1.90. The van der Waals surface area contributed by atoms with Gasteiger partial charge in [0.2, 0.25) is 0 Å². The normalized spacial score (nSPS) is 9.86. The Labute approximate surface area is 126 Å². The first-order chi connectivity index (χ1) is 10.3. The van der Waals surface area contributed by atoms with Crippen molar-refractivity contribution in [2.24, 2.45) is 0 Å². The van der Waals surface area contributed by atoms with Crippen LogP contribution in [0.5, 0.6) is 0 Å². The molecule has 104 valence electrons. The Hall–Kier alpha value is -2.58. The lowest BCUT2D eigenvalue weighted by molar-refractivity contribution is 0.717. The maximum absolute atomic E-state index is 9.29. The molecule has 0 aliphatic carbocycles. The van der Waals surface area contributed by atoms with Crippen molar-refractivity contribution < 1.29 is 0 Å². The molecule has 2 aromatic carbocycles. The molecule has 0 saturated carbocycles. The number of hydrogen-bond donors (Lipinski definition) is 0. The second-order valence-electron chi connectivity index (χ2n) is 5.11. The molecule has 0 unspecified atom stereocenters. The molecular formula is C19H18N2. The van der Waals surface area contributed by atoms with E-state index in [-0.39, 0.29) is 0 Å². The smallest absolute Gasteiger partial charge is 0.101 e. The summed E-state index contributed by atoms with van der Waals surface area (Å²) in [4.78, 5) is 0. The summed E-state index contributed by atoms with van der Waals surface area (Å²) in [5.41, 5.74) is 4.03. The molecule has 0 aliphatic rings. The average molecular weight is 274 g/mol. The highest BCUT2D eigenvalue weighted by Gasteiger charge is 2.09. The number of hydrogen-bond acceptors (Lipinski definition) is 2. The van der Waals surface area contributed by atoms with Crippen LogP contribution in [0, 0.1) is 22.7 Å². The van der Waals surface area contributed by atoms with Crippen LogP contribution in [-0.4, -0.2) is 0 Å². The molecule has 0 fully saturated rings. The SMILES string of the molecule is CCCCCc1ccc(-c2cccc(C#N)c2C#N)cc1. The van der Waals surface area contributed by atoms with Crippen LogP contribution in [0.1, 0.15) is 42.9 Å². The molecule has 21 heavy (non-hydrogen) atoms. The van der Waals surface area contributed by atoms with Gasteiger partial charge in [-0.3, -0.25) is 0 Å². The van der Waals surface area contributed by atoms with Crippen LogP contribution in [0.4, 0.5) is 0 Å². The third kappa shape index (κ3) is 3.50. The summed E-state index contributed by atoms with van der Waals surface area (Å²) in [6.45, 7) is 2.20. The Morgan fingerprint density at radius 2 is 1.67 bits per heavy atom. The fourth-order valence-corrected chi connectivity index (χ4v) is 2.44. The number of nitriles is 2. The van der Waals surface area contributed by atoms with Crippen LogP contribution in [0.15, 0.2) is 42.5 Å². The van der Waals surface area contributed by atoms with Gasteiger partial charge in [-0.05, 0) is 30.0 Å². The first-order valence-corrected chi connectivity index (χ1v) is 7.32. The molecule has 0 N–H and O–H groups in total. The van der Waals surface area contributed by atoms with Crippen molar-refractivity contribution >= 4 is 0 Å². The van der Waals surface area contributed by atoms with Gasteiger partial charge in [-0.25, -0.2) is 0 Å². The number of unbranched alkanes of at least 4 members (excludes halogenated alkanes) is 2. The number of nitrogens with zero attached hydrogens (tertiary/aromatic N) is 2. The maximum Gasteiger partial charge on any atom is 0.101 e. The number of benzene rings is 2. The van der Waals surface area contributed by atoms with E-state index >= 15 is 0 Å². The fourth-order valence-electron chi connectivity index (χ4n) is 2.44. The minimum atomic E-state index is 0.432. The monoisotopic (exact) mass is 274 g/mol. The molecule has 0 aromatic heterocycles. The minimum Gasteiger partial charge on any atom is -0.192 e. The van der Waals surface area contributed by atoms with Gasteiger partial charge in [0.15, 0.2) is 0 Å². The molecule has 2 heteroatoms. The Balaban J connectivity index is 2.28. The van der Waals surface area contributed by atoms with E-state index in [1.807, 2.05) is 24.3 Å². The summed E-state index contributed by atoms with van der Waals surface area (Å²) >= 11 is 0. The van der Waals surface area contributed by atoms with Crippen LogP contribution >= 0.6 is 0 Å². The summed E-state index contributed by atoms with van der Waals surface area (Å²) in [5.74, 6) is 0. The number of aryl methyl sites for hydroxylation is 1. The van der Waals surface area contributed by atoms with E-state index in [1.54, 1.807) is 6.07 Å². The van der Waals surface area contributed by atoms with Gasteiger partial charge >= 0.3 is 0 Å². The van der Waals surface area contributed by atoms with E-state index in [0.717, 1.165) is 17.5 Å². The van der Waals surface area contributed by atoms with Crippen molar-refractivity contribution in [3.05, 3.63) is 59.2 Å². The predicted molar refractivity (Wildman–Crippen MR) is 84.5 cm³/mol. The summed E-state index contributed by atoms with van der Waals surface area (Å²) in [6.07, 6.45) is 4.79. The van der Waals surface area contributed by atoms with E-state index < -0.39 is 0 Å². The van der Waals surface area contributed by atoms with Crippen molar-refractivity contribution in [3.8, 4) is 23.3 Å². The molecule has 0 spiro atoms. The summed E-state index contributed by atoms with van der Waals surface area (Å²) in [5, 5.41) is 18.4. The van der Waals surface area contributed by atoms with Gasteiger partial charge in [-0.15, -0.1) is 0 Å². The summed E-state index contributed by atoms with van der Waals surface area (Å²) in [6, 6.07) is 17.9. The van der Waals surface area contributed by atoms with Gasteiger partial charge in [0.05, 0.1) is 11.1 Å². The van der Waals surface area contributed by atoms with Gasteiger partial charge in [0, 0.05) is 5.56 Å². The molecule has 2 rings (SSSR count). The zero-order chi connectivity index (χ0) is 15.1. The highest BCUT2D eigenvalue weighted by Crippen LogP contribution is 2.26. The van der Waals surface area contributed by atoms with Gasteiger partial charge in [-0.1, -0.05) is 56.2 Å². The van der Waals surface area contributed by atoms with Crippen LogP contribution in [0.3, 0.4) is 0 Å². The van der Waals surface area contributed by atoms with E-state index in [9.17, 15) is 5.26 Å². The molecule has 0 aliphatic heterocycles. The van der Waals surface area contributed by atoms with Crippen LogP contribution < -0.4 is 0 Å². The summed E-state index contributed by atoms with van der Waals surface area (Å²) < 4.78 is 0. The topological polar surface area (TPSA) is 47.6 Å². The molecule has 0 radical (unpaired) electrons. The van der Waals surface area contributed by atoms with Gasteiger partial charge in [0.25, 0.3) is 0 Å². The minimum absolute atomic E-state index is 0.432. The summed E-state index contributed by atoms with van der Waals surface area (Å²) in [7, 11) is 0. The first kappa shape index (κ1) is 14.8. The molecule has 0 atom stereocenters. The number of rotatable bonds is 5. The average Bonchev–Trinajstić information content (AvgIpc) is 2.55. The zero-order valence-corrected chi connectivity index (χ0v) is 12.3. The maximum atomic E-state index is 9.29. The van der Waals surface area contributed by atoms with Crippen molar-refractivity contribution in [2.45, 2.75) is 32.6 Å². The largest absolute Gasteiger partial charge is 0.192 e. The van der Waals surface area contributed by atoms with E-state index in [0.29, 0.717) is 11.1 Å². The van der Waals surface area contributed by atoms with Gasteiger partial charge < -0.3 is 0 Å². The van der Waals surface area contributed by atoms with Crippen molar-refractivity contribution in [1.82, 2.24) is 0 Å². The third-order valence-electron chi connectivity index (χ3n) is 3.63. The van der Waals surface area contributed by atoms with Crippen molar-refractivity contribution in [1.29, 1.82) is 10.5 Å². The Morgan fingerprint density at radius 3 is 2.29 bits per heavy atom. The van der Waals surface area contributed by atoms with Crippen LogP contribution in [0.25, 0.3) is 11.1 Å². The first-order valence-electron chi connectivity index (χ1n) is 7.32. The van der Waals surface area contributed by atoms with Crippen molar-refractivity contribution in [2.75, 3.05) is 0 Å². The van der Waals surface area contributed by atoms with Gasteiger partial charge in [0.1, 0.15) is 12.1 Å². The molecule has 0 amide bonds. The van der Waals surface area contributed by atoms with E-state index in [1.165, 1.54) is 24.8 Å². The predicted octanol–water partition coefficient (Wildman–Crippen LogP) is 4.83. The van der Waals surface area contributed by atoms with Gasteiger partial charge in [-0.2, -0.15) is 10.5 Å². The highest BCUT2D eigenvalue weighted by molar-refractivity contribution is 5.73. The van der Waals surface area contributed by atoms with E-state index in [4.69, 9.17) is 5.26 Å². The fraction of sp³-hybridized carbons (Fsp3) is 0.263. The molecular weight excluding hydrogens is 256 g/mol. The molecule has 0 heterocycles. The van der Waals surface area contributed by atoms with Crippen LogP contribution in [-0.2, 0) is 6.42 Å². The van der Waals surface area contributed by atoms with E-state index in [2.05, 4.69) is 31.2 Å². The Morgan fingerprint density at radius 1 is 0.905 bits per heavy atom. The molecule has 0 saturated heterocycles. The molecule has 2 nitrogen and oxygen atoms in total. The Kier molecular flexibility index (Phi) is 5.13. The second kappa shape index (κ2) is 7.27. The van der Waals surface area contributed by atoms with Crippen molar-refractivity contribution in [3.63, 3.8) is 0 Å². The lowest BCUT2D eigenvalue weighted by Gasteiger charge is -2.07. The quantitative estimate of drug-likeness (QED) is 0.733. The highest BCUT2D eigenvalue weighted by atomic mass is 14.3. The third-order valence-corrected chi connectivity index (χ3v) is 3.63. The van der Waals surface area contributed by atoms with Crippen LogP contribution in [0.2, 0.25) is 0 Å². The lowest BCUT2D eigenvalue weighted by atomic mass is 9.95. The molecule has 2 aromatic rings. The Bertz CT molecular complexity index is 685. The molecule has 0 bridgehead atoms. The standard InChI is InChI=1S/C19H18N2/c1-2-3-4-6-15-9-11-16(12-10-15)18-8-5-7-17(13-20)19(18)14-21/h5,7-12H,2-4,6H2,1H3. The zero-order valence-electron chi connectivity index (χ0n) is 12.3. The second-order valence-corrected chi connectivity index (χ2v) is 5.11.